The highest BCUT2D eigenvalue weighted by Crippen LogP contribution is 2.25. The first kappa shape index (κ1) is 18.7. The van der Waals surface area contributed by atoms with Crippen LogP contribution in [-0.2, 0) is 0 Å². The second-order valence-corrected chi connectivity index (χ2v) is 7.44. The van der Waals surface area contributed by atoms with Crippen molar-refractivity contribution < 1.29 is 14.3 Å². The van der Waals surface area contributed by atoms with Gasteiger partial charge in [0.25, 0.3) is 5.91 Å². The van der Waals surface area contributed by atoms with Crippen molar-refractivity contribution in [1.29, 1.82) is 0 Å². The Labute approximate surface area is 162 Å². The Morgan fingerprint density at radius 1 is 1.19 bits per heavy atom. The zero-order chi connectivity index (χ0) is 18.5. The van der Waals surface area contributed by atoms with Gasteiger partial charge in [0.15, 0.2) is 0 Å². The molecule has 26 heavy (non-hydrogen) atoms. The van der Waals surface area contributed by atoms with E-state index < -0.39 is 0 Å². The number of nitrogens with zero attached hydrogens (tertiary/aromatic N) is 1. The molecule has 0 unspecified atom stereocenters. The van der Waals surface area contributed by atoms with Crippen molar-refractivity contribution in [3.8, 4) is 11.6 Å². The molecule has 1 aliphatic rings. The van der Waals surface area contributed by atoms with E-state index in [0.29, 0.717) is 17.2 Å². The lowest BCUT2D eigenvalue weighted by molar-refractivity contribution is 0.0889. The van der Waals surface area contributed by atoms with Crippen molar-refractivity contribution in [1.82, 2.24) is 10.3 Å². The molecule has 0 aliphatic heterocycles. The number of ether oxygens (including phenoxy) is 2. The van der Waals surface area contributed by atoms with Gasteiger partial charge in [-0.15, -0.1) is 0 Å². The van der Waals surface area contributed by atoms with Crippen LogP contribution in [0.2, 0.25) is 0 Å². The van der Waals surface area contributed by atoms with Gasteiger partial charge in [-0.3, -0.25) is 4.79 Å². The standard InChI is InChI=1S/C20H23BrN2O3/c1-13-3-10-19(22-12-13)26-15-6-4-14(5-7-15)23-20(24)17-11-16(25-2)8-9-18(17)21/h3,8-12,14-15H,4-7H2,1-2H3,(H,23,24). The Morgan fingerprint density at radius 3 is 2.62 bits per heavy atom. The summed E-state index contributed by atoms with van der Waals surface area (Å²) < 4.78 is 11.9. The third-order valence-electron chi connectivity index (χ3n) is 4.60. The Balaban J connectivity index is 1.52. The van der Waals surface area contributed by atoms with Crippen LogP contribution in [0.5, 0.6) is 11.6 Å². The molecule has 1 aromatic heterocycles. The molecule has 1 aromatic carbocycles. The van der Waals surface area contributed by atoms with Crippen LogP contribution in [-0.4, -0.2) is 30.1 Å². The second-order valence-electron chi connectivity index (χ2n) is 6.58. The SMILES string of the molecule is COc1ccc(Br)c(C(=O)NC2CCC(Oc3ccc(C)cn3)CC2)c1. The lowest BCUT2D eigenvalue weighted by Gasteiger charge is -2.29. The number of aryl methyl sites for hydroxylation is 1. The number of nitrogens with one attached hydrogen (secondary N) is 1. The molecule has 0 radical (unpaired) electrons. The number of halogens is 1. The zero-order valence-electron chi connectivity index (χ0n) is 15.0. The van der Waals surface area contributed by atoms with E-state index in [4.69, 9.17) is 9.47 Å². The molecule has 1 amide bonds. The Hall–Kier alpha value is -2.08. The van der Waals surface area contributed by atoms with Crippen LogP contribution in [0.3, 0.4) is 0 Å². The van der Waals surface area contributed by atoms with E-state index in [2.05, 4.69) is 26.2 Å². The van der Waals surface area contributed by atoms with Crippen molar-refractivity contribution >= 4 is 21.8 Å². The van der Waals surface area contributed by atoms with Gasteiger partial charge in [0.2, 0.25) is 5.88 Å². The average Bonchev–Trinajstić information content (AvgIpc) is 2.65. The zero-order valence-corrected chi connectivity index (χ0v) is 16.6. The number of rotatable bonds is 5. The third kappa shape index (κ3) is 4.75. The van der Waals surface area contributed by atoms with Gasteiger partial charge in [0, 0.05) is 22.8 Å². The van der Waals surface area contributed by atoms with E-state index in [1.165, 1.54) is 0 Å². The molecule has 6 heteroatoms. The maximum atomic E-state index is 12.6. The van der Waals surface area contributed by atoms with Gasteiger partial charge in [0.05, 0.1) is 12.7 Å². The van der Waals surface area contributed by atoms with Gasteiger partial charge in [-0.05, 0) is 72.3 Å². The van der Waals surface area contributed by atoms with Crippen LogP contribution in [0.25, 0.3) is 0 Å². The minimum Gasteiger partial charge on any atom is -0.497 e. The molecule has 138 valence electrons. The van der Waals surface area contributed by atoms with Crippen LogP contribution < -0.4 is 14.8 Å². The molecule has 5 nitrogen and oxygen atoms in total. The van der Waals surface area contributed by atoms with Gasteiger partial charge >= 0.3 is 0 Å². The van der Waals surface area contributed by atoms with Crippen molar-refractivity contribution in [2.24, 2.45) is 0 Å². The summed E-state index contributed by atoms with van der Waals surface area (Å²) in [5, 5.41) is 3.12. The fourth-order valence-electron chi connectivity index (χ4n) is 3.09. The quantitative estimate of drug-likeness (QED) is 0.786. The topological polar surface area (TPSA) is 60.5 Å². The van der Waals surface area contributed by atoms with Gasteiger partial charge in [-0.2, -0.15) is 0 Å². The normalized spacial score (nSPS) is 19.7. The Bertz CT molecular complexity index is 756. The van der Waals surface area contributed by atoms with E-state index >= 15 is 0 Å². The summed E-state index contributed by atoms with van der Waals surface area (Å²) >= 11 is 3.43. The van der Waals surface area contributed by atoms with Gasteiger partial charge in [-0.25, -0.2) is 4.98 Å². The summed E-state index contributed by atoms with van der Waals surface area (Å²) in [5.74, 6) is 1.25. The van der Waals surface area contributed by atoms with E-state index in [9.17, 15) is 4.79 Å². The number of methoxy groups -OCH3 is 1. The molecule has 2 aromatic rings. The second kappa shape index (κ2) is 8.54. The molecule has 0 atom stereocenters. The molecule has 0 saturated heterocycles. The third-order valence-corrected chi connectivity index (χ3v) is 5.29. The largest absolute Gasteiger partial charge is 0.497 e. The number of carbonyl (C=O) groups is 1. The fourth-order valence-corrected chi connectivity index (χ4v) is 3.51. The summed E-state index contributed by atoms with van der Waals surface area (Å²) in [6.07, 6.45) is 5.56. The lowest BCUT2D eigenvalue weighted by atomic mass is 9.92. The summed E-state index contributed by atoms with van der Waals surface area (Å²) in [7, 11) is 1.59. The van der Waals surface area contributed by atoms with Crippen LogP contribution >= 0.6 is 15.9 Å². The molecule has 1 saturated carbocycles. The summed E-state index contributed by atoms with van der Waals surface area (Å²) in [4.78, 5) is 16.9. The molecule has 0 spiro atoms. The maximum Gasteiger partial charge on any atom is 0.252 e. The minimum absolute atomic E-state index is 0.0830. The maximum absolute atomic E-state index is 12.6. The first-order valence-corrected chi connectivity index (χ1v) is 9.58. The molecule has 1 heterocycles. The highest BCUT2D eigenvalue weighted by Gasteiger charge is 2.25. The van der Waals surface area contributed by atoms with Crippen molar-refractivity contribution in [2.75, 3.05) is 7.11 Å². The van der Waals surface area contributed by atoms with Gasteiger partial charge in [-0.1, -0.05) is 6.07 Å². The van der Waals surface area contributed by atoms with Crippen LogP contribution in [0, 0.1) is 6.92 Å². The number of carbonyl (C=O) groups excluding carboxylic acids is 1. The number of hydrogen-bond donors (Lipinski definition) is 1. The monoisotopic (exact) mass is 418 g/mol. The average molecular weight is 419 g/mol. The Morgan fingerprint density at radius 2 is 1.96 bits per heavy atom. The van der Waals surface area contributed by atoms with Gasteiger partial charge in [0.1, 0.15) is 11.9 Å². The number of benzene rings is 1. The van der Waals surface area contributed by atoms with E-state index in [1.54, 1.807) is 13.2 Å². The fraction of sp³-hybridized carbons (Fsp3) is 0.400. The van der Waals surface area contributed by atoms with Crippen molar-refractivity contribution in [3.63, 3.8) is 0 Å². The minimum atomic E-state index is -0.0830. The van der Waals surface area contributed by atoms with E-state index in [0.717, 1.165) is 35.7 Å². The van der Waals surface area contributed by atoms with Crippen LogP contribution in [0.1, 0.15) is 41.6 Å². The van der Waals surface area contributed by atoms with Crippen molar-refractivity contribution in [2.45, 2.75) is 44.8 Å². The van der Waals surface area contributed by atoms with E-state index in [-0.39, 0.29) is 18.1 Å². The molecule has 1 fully saturated rings. The predicted octanol–water partition coefficient (Wildman–Crippen LogP) is 4.28. The highest BCUT2D eigenvalue weighted by atomic mass is 79.9. The first-order chi connectivity index (χ1) is 12.5. The summed E-state index contributed by atoms with van der Waals surface area (Å²) in [6, 6.07) is 9.46. The number of amides is 1. The summed E-state index contributed by atoms with van der Waals surface area (Å²) in [5.41, 5.74) is 1.71. The number of pyridine rings is 1. The van der Waals surface area contributed by atoms with Crippen molar-refractivity contribution in [3.05, 3.63) is 52.1 Å². The smallest absolute Gasteiger partial charge is 0.252 e. The van der Waals surface area contributed by atoms with Crippen LogP contribution in [0.15, 0.2) is 41.0 Å². The van der Waals surface area contributed by atoms with Gasteiger partial charge < -0.3 is 14.8 Å². The van der Waals surface area contributed by atoms with Crippen LogP contribution in [0.4, 0.5) is 0 Å². The number of aromatic nitrogens is 1. The predicted molar refractivity (Wildman–Crippen MR) is 104 cm³/mol. The molecule has 1 aliphatic carbocycles. The lowest BCUT2D eigenvalue weighted by Crippen LogP contribution is -2.39. The molecule has 0 bridgehead atoms. The molecule has 3 rings (SSSR count). The Kier molecular flexibility index (Phi) is 6.14. The number of hydrogen-bond acceptors (Lipinski definition) is 4. The molecular weight excluding hydrogens is 396 g/mol. The highest BCUT2D eigenvalue weighted by molar-refractivity contribution is 9.10. The first-order valence-electron chi connectivity index (χ1n) is 8.79. The summed E-state index contributed by atoms with van der Waals surface area (Å²) in [6.45, 7) is 2.01. The molecular formula is C20H23BrN2O3. The van der Waals surface area contributed by atoms with E-state index in [1.807, 2.05) is 37.4 Å². The molecule has 1 N–H and O–H groups in total.